The maximum absolute atomic E-state index is 11.3. The number of benzene rings is 2. The molecule has 148 valence electrons. The predicted molar refractivity (Wildman–Crippen MR) is 113 cm³/mol. The molecule has 0 saturated carbocycles. The third-order valence-electron chi connectivity index (χ3n) is 4.98. The lowest BCUT2D eigenvalue weighted by atomic mass is 10.1. The molecule has 2 aromatic carbocycles. The van der Waals surface area contributed by atoms with Crippen molar-refractivity contribution < 1.29 is 4.79 Å². The van der Waals surface area contributed by atoms with Crippen LogP contribution in [-0.2, 0) is 19.6 Å². The second-order valence-electron chi connectivity index (χ2n) is 7.14. The summed E-state index contributed by atoms with van der Waals surface area (Å²) in [6, 6.07) is 16.0. The second kappa shape index (κ2) is 9.90. The van der Waals surface area contributed by atoms with E-state index in [1.165, 1.54) is 37.1 Å². The average Bonchev–Trinajstić information content (AvgIpc) is 3.22. The van der Waals surface area contributed by atoms with Crippen LogP contribution in [-0.4, -0.2) is 36.9 Å². The standard InChI is InChI=1S/C22H29N5O/c1-24-22(26-15-19-5-4-6-20(13-19)21(23)28)25-14-17-7-9-18(10-8-17)16-27-11-2-3-12-27/h4-10,13H,2-3,11-12,14-16H2,1H3,(H2,23,28)(H2,24,25,26). The molecule has 0 radical (unpaired) electrons. The molecule has 1 amide bonds. The SMILES string of the molecule is CN=C(NCc1ccc(CN2CCCC2)cc1)NCc1cccc(C(N)=O)c1. The van der Waals surface area contributed by atoms with E-state index in [0.717, 1.165) is 12.1 Å². The van der Waals surface area contributed by atoms with E-state index in [-0.39, 0.29) is 0 Å². The minimum Gasteiger partial charge on any atom is -0.366 e. The van der Waals surface area contributed by atoms with E-state index in [0.29, 0.717) is 24.6 Å². The first kappa shape index (κ1) is 19.9. The Labute approximate surface area is 166 Å². The number of carbonyl (C=O) groups excluding carboxylic acids is 1. The molecule has 3 rings (SSSR count). The monoisotopic (exact) mass is 379 g/mol. The van der Waals surface area contributed by atoms with Gasteiger partial charge in [-0.15, -0.1) is 0 Å². The molecule has 0 bridgehead atoms. The number of nitrogens with zero attached hydrogens (tertiary/aromatic N) is 2. The summed E-state index contributed by atoms with van der Waals surface area (Å²) in [7, 11) is 1.74. The van der Waals surface area contributed by atoms with Crippen molar-refractivity contribution in [2.24, 2.45) is 10.7 Å². The van der Waals surface area contributed by atoms with Crippen molar-refractivity contribution in [3.8, 4) is 0 Å². The van der Waals surface area contributed by atoms with Gasteiger partial charge in [0.2, 0.25) is 5.91 Å². The fraction of sp³-hybridized carbons (Fsp3) is 0.364. The van der Waals surface area contributed by atoms with E-state index in [9.17, 15) is 4.79 Å². The van der Waals surface area contributed by atoms with E-state index < -0.39 is 5.91 Å². The minimum atomic E-state index is -0.419. The Morgan fingerprint density at radius 1 is 1.00 bits per heavy atom. The Hall–Kier alpha value is -2.86. The zero-order valence-corrected chi connectivity index (χ0v) is 16.4. The summed E-state index contributed by atoms with van der Waals surface area (Å²) in [6.45, 7) is 4.74. The van der Waals surface area contributed by atoms with Gasteiger partial charge >= 0.3 is 0 Å². The summed E-state index contributed by atoms with van der Waals surface area (Å²) in [5.41, 5.74) is 9.40. The molecule has 4 N–H and O–H groups in total. The highest BCUT2D eigenvalue weighted by atomic mass is 16.1. The Kier molecular flexibility index (Phi) is 7.03. The smallest absolute Gasteiger partial charge is 0.248 e. The summed E-state index contributed by atoms with van der Waals surface area (Å²) < 4.78 is 0. The molecule has 0 unspecified atom stereocenters. The molecule has 0 aliphatic carbocycles. The Morgan fingerprint density at radius 2 is 1.64 bits per heavy atom. The molecule has 0 aromatic heterocycles. The topological polar surface area (TPSA) is 82.8 Å². The van der Waals surface area contributed by atoms with Crippen LogP contribution >= 0.6 is 0 Å². The maximum atomic E-state index is 11.3. The van der Waals surface area contributed by atoms with Crippen LogP contribution in [0.25, 0.3) is 0 Å². The largest absolute Gasteiger partial charge is 0.366 e. The normalized spacial score (nSPS) is 14.8. The van der Waals surface area contributed by atoms with Crippen LogP contribution in [0.2, 0.25) is 0 Å². The third-order valence-corrected chi connectivity index (χ3v) is 4.98. The van der Waals surface area contributed by atoms with Gasteiger partial charge in [0.15, 0.2) is 5.96 Å². The fourth-order valence-corrected chi connectivity index (χ4v) is 3.39. The molecule has 1 heterocycles. The number of nitrogens with one attached hydrogen (secondary N) is 2. The number of rotatable bonds is 7. The molecule has 0 spiro atoms. The van der Waals surface area contributed by atoms with Gasteiger partial charge in [0, 0.05) is 32.2 Å². The number of carbonyl (C=O) groups is 1. The maximum Gasteiger partial charge on any atom is 0.248 e. The van der Waals surface area contributed by atoms with Gasteiger partial charge in [0.05, 0.1) is 0 Å². The number of nitrogens with two attached hydrogens (primary N) is 1. The van der Waals surface area contributed by atoms with E-state index in [1.807, 2.05) is 12.1 Å². The first-order valence-electron chi connectivity index (χ1n) is 9.77. The number of hydrogen-bond donors (Lipinski definition) is 3. The molecule has 1 aliphatic heterocycles. The zero-order valence-electron chi connectivity index (χ0n) is 16.4. The van der Waals surface area contributed by atoms with Crippen molar-refractivity contribution in [3.63, 3.8) is 0 Å². The van der Waals surface area contributed by atoms with Crippen molar-refractivity contribution in [3.05, 3.63) is 70.8 Å². The Bertz CT molecular complexity index is 810. The number of likely N-dealkylation sites (tertiary alicyclic amines) is 1. The van der Waals surface area contributed by atoms with E-state index in [1.54, 1.807) is 19.2 Å². The van der Waals surface area contributed by atoms with Gasteiger partial charge in [-0.3, -0.25) is 14.7 Å². The molecule has 0 atom stereocenters. The summed E-state index contributed by atoms with van der Waals surface area (Å²) >= 11 is 0. The number of hydrogen-bond acceptors (Lipinski definition) is 3. The summed E-state index contributed by atoms with van der Waals surface area (Å²) in [4.78, 5) is 18.1. The van der Waals surface area contributed by atoms with Gasteiger partial charge in [0.25, 0.3) is 0 Å². The molecule has 28 heavy (non-hydrogen) atoms. The van der Waals surface area contributed by atoms with Gasteiger partial charge in [-0.1, -0.05) is 36.4 Å². The van der Waals surface area contributed by atoms with Crippen molar-refractivity contribution >= 4 is 11.9 Å². The molecule has 1 aliphatic rings. The van der Waals surface area contributed by atoms with Crippen molar-refractivity contribution in [1.82, 2.24) is 15.5 Å². The minimum absolute atomic E-state index is 0.419. The van der Waals surface area contributed by atoms with Crippen LogP contribution in [0.5, 0.6) is 0 Å². The highest BCUT2D eigenvalue weighted by Gasteiger charge is 2.11. The molecule has 1 fully saturated rings. The molecule has 2 aromatic rings. The van der Waals surface area contributed by atoms with E-state index in [4.69, 9.17) is 5.73 Å². The summed E-state index contributed by atoms with van der Waals surface area (Å²) in [5.74, 6) is 0.295. The molecular weight excluding hydrogens is 350 g/mol. The first-order valence-corrected chi connectivity index (χ1v) is 9.77. The van der Waals surface area contributed by atoms with Crippen LogP contribution < -0.4 is 16.4 Å². The van der Waals surface area contributed by atoms with Gasteiger partial charge < -0.3 is 16.4 Å². The van der Waals surface area contributed by atoms with Gasteiger partial charge in [-0.05, 0) is 54.8 Å². The van der Waals surface area contributed by atoms with Crippen molar-refractivity contribution in [2.45, 2.75) is 32.5 Å². The fourth-order valence-electron chi connectivity index (χ4n) is 3.39. The van der Waals surface area contributed by atoms with Crippen LogP contribution in [0.3, 0.4) is 0 Å². The predicted octanol–water partition coefficient (Wildman–Crippen LogP) is 2.25. The van der Waals surface area contributed by atoms with Gasteiger partial charge in [-0.2, -0.15) is 0 Å². The Balaban J connectivity index is 1.47. The number of primary amides is 1. The number of guanidine groups is 1. The highest BCUT2D eigenvalue weighted by molar-refractivity contribution is 5.92. The number of amides is 1. The van der Waals surface area contributed by atoms with E-state index in [2.05, 4.69) is 44.8 Å². The highest BCUT2D eigenvalue weighted by Crippen LogP contribution is 2.13. The zero-order chi connectivity index (χ0) is 19.8. The van der Waals surface area contributed by atoms with Crippen molar-refractivity contribution in [1.29, 1.82) is 0 Å². The first-order chi connectivity index (χ1) is 13.6. The lowest BCUT2D eigenvalue weighted by molar-refractivity contribution is 0.1000. The lowest BCUT2D eigenvalue weighted by Gasteiger charge is -2.15. The van der Waals surface area contributed by atoms with Crippen LogP contribution in [0, 0.1) is 0 Å². The van der Waals surface area contributed by atoms with Gasteiger partial charge in [-0.25, -0.2) is 0 Å². The van der Waals surface area contributed by atoms with E-state index >= 15 is 0 Å². The lowest BCUT2D eigenvalue weighted by Crippen LogP contribution is -2.36. The molecular formula is C22H29N5O. The van der Waals surface area contributed by atoms with Crippen LogP contribution in [0.4, 0.5) is 0 Å². The Morgan fingerprint density at radius 3 is 2.29 bits per heavy atom. The summed E-state index contributed by atoms with van der Waals surface area (Å²) in [6.07, 6.45) is 2.64. The van der Waals surface area contributed by atoms with Crippen LogP contribution in [0.1, 0.15) is 39.9 Å². The molecule has 1 saturated heterocycles. The number of aliphatic imine (C=N–C) groups is 1. The van der Waals surface area contributed by atoms with Crippen molar-refractivity contribution in [2.75, 3.05) is 20.1 Å². The average molecular weight is 380 g/mol. The van der Waals surface area contributed by atoms with Gasteiger partial charge in [0.1, 0.15) is 0 Å². The summed E-state index contributed by atoms with van der Waals surface area (Å²) in [5, 5.41) is 6.58. The molecule has 6 heteroatoms. The quantitative estimate of drug-likeness (QED) is 0.509. The van der Waals surface area contributed by atoms with Crippen LogP contribution in [0.15, 0.2) is 53.5 Å². The molecule has 6 nitrogen and oxygen atoms in total. The second-order valence-corrected chi connectivity index (χ2v) is 7.14. The third kappa shape index (κ3) is 5.82.